The third-order valence-corrected chi connectivity index (χ3v) is 3.36. The number of carbonyl (C=O) groups excluding carboxylic acids is 1. The van der Waals surface area contributed by atoms with Gasteiger partial charge in [-0.25, -0.2) is 0 Å². The highest BCUT2D eigenvalue weighted by Gasteiger charge is 2.34. The van der Waals surface area contributed by atoms with E-state index in [9.17, 15) is 4.79 Å². The molecule has 1 aliphatic heterocycles. The molecule has 1 aliphatic rings. The Labute approximate surface area is 110 Å². The van der Waals surface area contributed by atoms with Crippen LogP contribution in [-0.2, 0) is 14.3 Å². The molecule has 1 fully saturated rings. The summed E-state index contributed by atoms with van der Waals surface area (Å²) >= 11 is 0. The Hall–Kier alpha value is -0.650. The largest absolute Gasteiger partial charge is 0.465 e. The first kappa shape index (κ1) is 15.4. The van der Waals surface area contributed by atoms with Crippen LogP contribution in [0, 0.1) is 0 Å². The van der Waals surface area contributed by atoms with E-state index in [2.05, 4.69) is 18.7 Å². The maximum atomic E-state index is 11.8. The van der Waals surface area contributed by atoms with E-state index in [1.165, 1.54) is 0 Å². The van der Waals surface area contributed by atoms with E-state index in [1.54, 1.807) is 13.8 Å². The molecule has 0 spiro atoms. The molecular formula is C13H26N2O3. The Morgan fingerprint density at radius 1 is 1.67 bits per heavy atom. The third-order valence-electron chi connectivity index (χ3n) is 3.36. The summed E-state index contributed by atoms with van der Waals surface area (Å²) < 4.78 is 10.5. The van der Waals surface area contributed by atoms with E-state index in [0.29, 0.717) is 13.0 Å². The van der Waals surface area contributed by atoms with Crippen LogP contribution < -0.4 is 5.73 Å². The Bertz CT molecular complexity index is 281. The van der Waals surface area contributed by atoms with Gasteiger partial charge in [-0.3, -0.25) is 9.69 Å². The van der Waals surface area contributed by atoms with Crippen LogP contribution in [0.15, 0.2) is 0 Å². The van der Waals surface area contributed by atoms with Crippen molar-refractivity contribution in [3.8, 4) is 0 Å². The van der Waals surface area contributed by atoms with Crippen molar-refractivity contribution in [2.75, 3.05) is 26.3 Å². The monoisotopic (exact) mass is 258 g/mol. The van der Waals surface area contributed by atoms with E-state index in [4.69, 9.17) is 15.2 Å². The van der Waals surface area contributed by atoms with E-state index < -0.39 is 5.54 Å². The Morgan fingerprint density at radius 2 is 2.33 bits per heavy atom. The number of nitrogens with zero attached hydrogens (tertiary/aromatic N) is 1. The van der Waals surface area contributed by atoms with Gasteiger partial charge < -0.3 is 15.2 Å². The molecule has 0 aromatic heterocycles. The number of hydrogen-bond acceptors (Lipinski definition) is 5. The molecule has 0 aliphatic carbocycles. The third kappa shape index (κ3) is 4.23. The number of nitrogens with two attached hydrogens (primary N) is 1. The average Bonchev–Trinajstić information content (AvgIpc) is 2.28. The van der Waals surface area contributed by atoms with Crippen molar-refractivity contribution < 1.29 is 14.3 Å². The van der Waals surface area contributed by atoms with Gasteiger partial charge in [-0.05, 0) is 34.1 Å². The molecule has 5 nitrogen and oxygen atoms in total. The maximum Gasteiger partial charge on any atom is 0.325 e. The normalized spacial score (nSPS) is 26.4. The van der Waals surface area contributed by atoms with Gasteiger partial charge in [0.15, 0.2) is 0 Å². The molecule has 0 amide bonds. The molecule has 2 N–H and O–H groups in total. The molecule has 5 heteroatoms. The average molecular weight is 258 g/mol. The number of carbonyl (C=O) groups is 1. The van der Waals surface area contributed by atoms with Crippen molar-refractivity contribution in [3.63, 3.8) is 0 Å². The molecule has 0 aromatic carbocycles. The van der Waals surface area contributed by atoms with Gasteiger partial charge in [0.1, 0.15) is 5.54 Å². The van der Waals surface area contributed by atoms with Crippen LogP contribution in [0.5, 0.6) is 0 Å². The predicted molar refractivity (Wildman–Crippen MR) is 70.3 cm³/mol. The van der Waals surface area contributed by atoms with Crippen LogP contribution in [0.25, 0.3) is 0 Å². The molecule has 18 heavy (non-hydrogen) atoms. The standard InChI is InChI=1S/C13H26N2O3/c1-5-17-12(16)13(4,14)8-10(2)15-6-7-18-11(3)9-15/h10-11H,5-9,14H2,1-4H3. The fraction of sp³-hybridized carbons (Fsp3) is 0.923. The zero-order valence-electron chi connectivity index (χ0n) is 11.9. The van der Waals surface area contributed by atoms with Crippen molar-refractivity contribution in [1.29, 1.82) is 0 Å². The van der Waals surface area contributed by atoms with Crippen LogP contribution in [0.4, 0.5) is 0 Å². The number of esters is 1. The highest BCUT2D eigenvalue weighted by Crippen LogP contribution is 2.18. The summed E-state index contributed by atoms with van der Waals surface area (Å²) in [5, 5.41) is 0. The van der Waals surface area contributed by atoms with Gasteiger partial charge in [-0.15, -0.1) is 0 Å². The van der Waals surface area contributed by atoms with Crippen molar-refractivity contribution in [2.45, 2.75) is 51.8 Å². The molecule has 1 saturated heterocycles. The lowest BCUT2D eigenvalue weighted by Crippen LogP contribution is -2.53. The second-order valence-electron chi connectivity index (χ2n) is 5.37. The molecule has 0 bridgehead atoms. The van der Waals surface area contributed by atoms with Crippen LogP contribution in [0.3, 0.4) is 0 Å². The topological polar surface area (TPSA) is 64.8 Å². The highest BCUT2D eigenvalue weighted by atomic mass is 16.5. The summed E-state index contributed by atoms with van der Waals surface area (Å²) in [6.07, 6.45) is 0.839. The van der Waals surface area contributed by atoms with Crippen LogP contribution in [0.1, 0.15) is 34.1 Å². The first-order valence-corrected chi connectivity index (χ1v) is 6.68. The molecule has 0 radical (unpaired) electrons. The smallest absolute Gasteiger partial charge is 0.325 e. The number of rotatable bonds is 5. The van der Waals surface area contributed by atoms with E-state index in [1.807, 2.05) is 0 Å². The van der Waals surface area contributed by atoms with Crippen LogP contribution in [-0.4, -0.2) is 54.9 Å². The zero-order valence-corrected chi connectivity index (χ0v) is 11.9. The summed E-state index contributed by atoms with van der Waals surface area (Å²) in [4.78, 5) is 14.1. The Morgan fingerprint density at radius 3 is 2.89 bits per heavy atom. The summed E-state index contributed by atoms with van der Waals surface area (Å²) in [7, 11) is 0. The molecule has 3 unspecified atom stereocenters. The second-order valence-corrected chi connectivity index (χ2v) is 5.37. The lowest BCUT2D eigenvalue weighted by atomic mass is 9.94. The quantitative estimate of drug-likeness (QED) is 0.738. The van der Waals surface area contributed by atoms with Crippen molar-refractivity contribution >= 4 is 5.97 Å². The minimum absolute atomic E-state index is 0.243. The van der Waals surface area contributed by atoms with Gasteiger partial charge in [0, 0.05) is 19.1 Å². The summed E-state index contributed by atoms with van der Waals surface area (Å²) in [6.45, 7) is 10.6. The fourth-order valence-electron chi connectivity index (χ4n) is 2.37. The first-order chi connectivity index (χ1) is 8.36. The molecule has 0 aromatic rings. The summed E-state index contributed by atoms with van der Waals surface area (Å²) in [5.41, 5.74) is 5.14. The van der Waals surface area contributed by atoms with E-state index in [0.717, 1.165) is 19.7 Å². The SMILES string of the molecule is CCOC(=O)C(C)(N)CC(C)N1CCOC(C)C1. The lowest BCUT2D eigenvalue weighted by molar-refractivity contribution is -0.150. The first-order valence-electron chi connectivity index (χ1n) is 6.68. The van der Waals surface area contributed by atoms with E-state index >= 15 is 0 Å². The van der Waals surface area contributed by atoms with Gasteiger partial charge in [0.05, 0.1) is 19.3 Å². The zero-order chi connectivity index (χ0) is 13.8. The number of morpholine rings is 1. The molecule has 0 saturated carbocycles. The number of hydrogen-bond donors (Lipinski definition) is 1. The number of ether oxygens (including phenoxy) is 2. The van der Waals surface area contributed by atoms with Crippen molar-refractivity contribution in [2.24, 2.45) is 5.73 Å². The minimum Gasteiger partial charge on any atom is -0.465 e. The van der Waals surface area contributed by atoms with Gasteiger partial charge in [0.25, 0.3) is 0 Å². The molecule has 106 valence electrons. The fourth-order valence-corrected chi connectivity index (χ4v) is 2.37. The predicted octanol–water partition coefficient (Wildman–Crippen LogP) is 0.766. The second kappa shape index (κ2) is 6.50. The highest BCUT2D eigenvalue weighted by molar-refractivity contribution is 5.80. The van der Waals surface area contributed by atoms with Gasteiger partial charge in [-0.1, -0.05) is 0 Å². The minimum atomic E-state index is -0.920. The van der Waals surface area contributed by atoms with Gasteiger partial charge in [-0.2, -0.15) is 0 Å². The Balaban J connectivity index is 2.51. The van der Waals surface area contributed by atoms with Crippen molar-refractivity contribution in [1.82, 2.24) is 4.90 Å². The van der Waals surface area contributed by atoms with E-state index in [-0.39, 0.29) is 18.1 Å². The van der Waals surface area contributed by atoms with Gasteiger partial charge >= 0.3 is 5.97 Å². The van der Waals surface area contributed by atoms with Crippen LogP contribution in [0.2, 0.25) is 0 Å². The Kier molecular flexibility index (Phi) is 5.56. The molecule has 1 rings (SSSR count). The molecule has 1 heterocycles. The maximum absolute atomic E-state index is 11.8. The van der Waals surface area contributed by atoms with Crippen molar-refractivity contribution in [3.05, 3.63) is 0 Å². The summed E-state index contributed by atoms with van der Waals surface area (Å²) in [6, 6.07) is 0.246. The molecular weight excluding hydrogens is 232 g/mol. The molecule has 3 atom stereocenters. The van der Waals surface area contributed by atoms with Gasteiger partial charge in [0.2, 0.25) is 0 Å². The lowest BCUT2D eigenvalue weighted by Gasteiger charge is -2.38. The summed E-state index contributed by atoms with van der Waals surface area (Å²) in [5.74, 6) is -0.321. The van der Waals surface area contributed by atoms with Crippen LogP contribution >= 0.6 is 0 Å².